The molecule has 0 saturated carbocycles. The quantitative estimate of drug-likeness (QED) is 0.254. The third-order valence-corrected chi connectivity index (χ3v) is 6.45. The van der Waals surface area contributed by atoms with E-state index < -0.39 is 10.1 Å². The Bertz CT molecular complexity index is 1640. The molecule has 4 aromatic carbocycles. The number of nitrogens with zero attached hydrogens (tertiary/aromatic N) is 1. The molecule has 0 bridgehead atoms. The summed E-state index contributed by atoms with van der Waals surface area (Å²) in [4.78, 5) is 7.24. The first-order chi connectivity index (χ1) is 15.3. The number of nitrogens with one attached hydrogen (secondary N) is 1. The summed E-state index contributed by atoms with van der Waals surface area (Å²) in [7, 11) is -4.56. The minimum absolute atomic E-state index is 0. The van der Waals surface area contributed by atoms with Crippen LogP contribution in [0.4, 0.5) is 0 Å². The number of aryl methyl sites for hydroxylation is 1. The molecule has 5 aromatic rings. The van der Waals surface area contributed by atoms with Crippen LogP contribution in [0.25, 0.3) is 44.3 Å². The van der Waals surface area contributed by atoms with E-state index in [1.165, 1.54) is 24.3 Å². The maximum absolute atomic E-state index is 12.0. The molecule has 5 rings (SSSR count). The number of hydrogen-bond acceptors (Lipinski definition) is 5. The largest absolute Gasteiger partial charge is 0.507 e. The summed E-state index contributed by atoms with van der Waals surface area (Å²) in [5, 5.41) is 21.8. The maximum atomic E-state index is 12.0. The van der Waals surface area contributed by atoms with Crippen molar-refractivity contribution in [1.82, 2.24) is 9.97 Å². The molecule has 4 N–H and O–H groups in total. The van der Waals surface area contributed by atoms with E-state index in [4.69, 9.17) is 0 Å². The second-order valence-electron chi connectivity index (χ2n) is 7.55. The zero-order valence-corrected chi connectivity index (χ0v) is 18.9. The molecule has 0 atom stereocenters. The van der Waals surface area contributed by atoms with E-state index in [-0.39, 0.29) is 39.6 Å². The van der Waals surface area contributed by atoms with Crippen molar-refractivity contribution in [2.24, 2.45) is 0 Å². The second-order valence-corrected chi connectivity index (χ2v) is 8.94. The monoisotopic (exact) mass is 482 g/mol. The zero-order chi connectivity index (χ0) is 22.6. The first-order valence-electron chi connectivity index (χ1n) is 9.76. The third kappa shape index (κ3) is 3.68. The Kier molecular flexibility index (Phi) is 5.53. The van der Waals surface area contributed by atoms with Crippen molar-refractivity contribution in [2.45, 2.75) is 11.8 Å². The van der Waals surface area contributed by atoms with Crippen molar-refractivity contribution in [2.75, 3.05) is 0 Å². The number of halogens is 1. The van der Waals surface area contributed by atoms with Gasteiger partial charge in [-0.3, -0.25) is 4.55 Å². The molecule has 0 aliphatic heterocycles. The predicted octanol–water partition coefficient (Wildman–Crippen LogP) is 5.44. The van der Waals surface area contributed by atoms with Gasteiger partial charge in [-0.1, -0.05) is 48.5 Å². The summed E-state index contributed by atoms with van der Waals surface area (Å²) >= 11 is 0. The predicted molar refractivity (Wildman–Crippen MR) is 130 cm³/mol. The van der Waals surface area contributed by atoms with E-state index >= 15 is 0 Å². The first-order valence-corrected chi connectivity index (χ1v) is 11.2. The number of aromatic nitrogens is 2. The van der Waals surface area contributed by atoms with E-state index in [0.29, 0.717) is 28.0 Å². The molecule has 0 aliphatic rings. The lowest BCUT2D eigenvalue weighted by molar-refractivity contribution is 0.478. The average molecular weight is 483 g/mol. The number of aromatic amines is 1. The molecule has 7 nitrogen and oxygen atoms in total. The number of hydrogen-bond donors (Lipinski definition) is 4. The van der Waals surface area contributed by atoms with Crippen LogP contribution >= 0.6 is 12.4 Å². The van der Waals surface area contributed by atoms with Gasteiger partial charge in [-0.2, -0.15) is 8.42 Å². The highest BCUT2D eigenvalue weighted by Gasteiger charge is 2.22. The number of rotatable bonds is 3. The van der Waals surface area contributed by atoms with Crippen LogP contribution < -0.4 is 0 Å². The molecule has 0 aliphatic carbocycles. The Hall–Kier alpha value is -3.59. The van der Waals surface area contributed by atoms with Crippen LogP contribution in [0.3, 0.4) is 0 Å². The highest BCUT2D eigenvalue weighted by molar-refractivity contribution is 7.86. The fraction of sp³-hybridized carbons (Fsp3) is 0.0417. The SMILES string of the molecule is Cc1ccccc1-c1cccc(-c2nc3c(cc(S(=O)(=O)O)c4cccc(O)c43)[nH]2)c1O.Cl. The number of benzene rings is 4. The molecule has 9 heteroatoms. The van der Waals surface area contributed by atoms with Gasteiger partial charge in [0.1, 0.15) is 27.7 Å². The Morgan fingerprint density at radius 1 is 0.879 bits per heavy atom. The fourth-order valence-corrected chi connectivity index (χ4v) is 4.77. The normalized spacial score (nSPS) is 11.6. The van der Waals surface area contributed by atoms with Gasteiger partial charge in [0, 0.05) is 10.9 Å². The van der Waals surface area contributed by atoms with Gasteiger partial charge in [0.05, 0.1) is 16.5 Å². The van der Waals surface area contributed by atoms with Gasteiger partial charge in [-0.15, -0.1) is 12.4 Å². The van der Waals surface area contributed by atoms with E-state index in [9.17, 15) is 23.2 Å². The Morgan fingerprint density at radius 2 is 1.55 bits per heavy atom. The highest BCUT2D eigenvalue weighted by Crippen LogP contribution is 2.41. The molecule has 0 unspecified atom stereocenters. The molecular formula is C24H19ClN2O5S. The number of aromatic hydroxyl groups is 2. The Labute approximate surface area is 195 Å². The number of phenols is 2. The number of para-hydroxylation sites is 1. The summed E-state index contributed by atoms with van der Waals surface area (Å²) in [5.41, 5.74) is 3.54. The summed E-state index contributed by atoms with van der Waals surface area (Å²) in [6.45, 7) is 1.95. The van der Waals surface area contributed by atoms with E-state index in [2.05, 4.69) is 9.97 Å². The van der Waals surface area contributed by atoms with Gasteiger partial charge in [0.25, 0.3) is 10.1 Å². The fourth-order valence-electron chi connectivity index (χ4n) is 4.05. The second kappa shape index (κ2) is 8.08. The molecule has 1 heterocycles. The van der Waals surface area contributed by atoms with E-state index in [1.54, 1.807) is 12.1 Å². The van der Waals surface area contributed by atoms with Crippen molar-refractivity contribution >= 4 is 44.3 Å². The lowest BCUT2D eigenvalue weighted by Crippen LogP contribution is -1.99. The average Bonchev–Trinajstić information content (AvgIpc) is 3.17. The van der Waals surface area contributed by atoms with Crippen LogP contribution in [0.1, 0.15) is 5.56 Å². The minimum Gasteiger partial charge on any atom is -0.507 e. The lowest BCUT2D eigenvalue weighted by Gasteiger charge is -2.10. The van der Waals surface area contributed by atoms with Crippen LogP contribution in [0.5, 0.6) is 11.5 Å². The first kappa shape index (κ1) is 22.6. The number of fused-ring (bicyclic) bond motifs is 3. The van der Waals surface area contributed by atoms with Crippen LogP contribution in [-0.2, 0) is 10.1 Å². The lowest BCUT2D eigenvalue weighted by atomic mass is 9.97. The van der Waals surface area contributed by atoms with Crippen molar-refractivity contribution in [1.29, 1.82) is 0 Å². The van der Waals surface area contributed by atoms with Gasteiger partial charge in [-0.05, 0) is 36.2 Å². The summed E-state index contributed by atoms with van der Waals surface area (Å²) in [6.07, 6.45) is 0. The molecule has 0 amide bonds. The number of phenolic OH excluding ortho intramolecular Hbond substituents is 2. The molecule has 0 fully saturated rings. The highest BCUT2D eigenvalue weighted by atomic mass is 35.5. The van der Waals surface area contributed by atoms with E-state index in [1.807, 2.05) is 37.3 Å². The van der Waals surface area contributed by atoms with Crippen LogP contribution in [0.2, 0.25) is 0 Å². The molecule has 33 heavy (non-hydrogen) atoms. The molecule has 0 saturated heterocycles. The molecular weight excluding hydrogens is 464 g/mol. The Balaban J connectivity index is 0.00000259. The van der Waals surface area contributed by atoms with Gasteiger partial charge >= 0.3 is 0 Å². The van der Waals surface area contributed by atoms with Gasteiger partial charge in [0.2, 0.25) is 0 Å². The van der Waals surface area contributed by atoms with Crippen molar-refractivity contribution < 1.29 is 23.2 Å². The topological polar surface area (TPSA) is 124 Å². The Morgan fingerprint density at radius 3 is 2.27 bits per heavy atom. The van der Waals surface area contributed by atoms with Crippen LogP contribution in [0.15, 0.2) is 71.6 Å². The number of H-pyrrole nitrogens is 1. The van der Waals surface area contributed by atoms with Crippen molar-refractivity contribution in [3.8, 4) is 34.0 Å². The van der Waals surface area contributed by atoms with Crippen LogP contribution in [0, 0.1) is 6.92 Å². The van der Waals surface area contributed by atoms with Gasteiger partial charge < -0.3 is 15.2 Å². The minimum atomic E-state index is -4.56. The number of imidazole rings is 1. The van der Waals surface area contributed by atoms with Gasteiger partial charge in [-0.25, -0.2) is 4.98 Å². The summed E-state index contributed by atoms with van der Waals surface area (Å²) in [6, 6.07) is 18.6. The summed E-state index contributed by atoms with van der Waals surface area (Å²) < 4.78 is 33.6. The van der Waals surface area contributed by atoms with Gasteiger partial charge in [0.15, 0.2) is 0 Å². The zero-order valence-electron chi connectivity index (χ0n) is 17.3. The molecule has 0 spiro atoms. The third-order valence-electron chi connectivity index (χ3n) is 5.56. The van der Waals surface area contributed by atoms with Crippen LogP contribution in [-0.4, -0.2) is 33.2 Å². The smallest absolute Gasteiger partial charge is 0.295 e. The standard InChI is InChI=1S/C24H18N2O5S.ClH/c1-13-6-2-3-7-14(13)15-8-4-10-17(23(15)28)24-25-18-12-20(32(29,30)31)16-9-5-11-19(27)21(16)22(18)26-24;/h2-12,27-28H,1H3,(H,25,26)(H,29,30,31);1H. The van der Waals surface area contributed by atoms with Crippen molar-refractivity contribution in [3.05, 3.63) is 72.3 Å². The molecule has 0 radical (unpaired) electrons. The summed E-state index contributed by atoms with van der Waals surface area (Å²) in [5.74, 6) is 0.142. The molecule has 1 aromatic heterocycles. The van der Waals surface area contributed by atoms with Crippen molar-refractivity contribution in [3.63, 3.8) is 0 Å². The van der Waals surface area contributed by atoms with E-state index in [0.717, 1.165) is 11.1 Å². The molecule has 168 valence electrons. The maximum Gasteiger partial charge on any atom is 0.295 e.